The summed E-state index contributed by atoms with van der Waals surface area (Å²) in [5, 5.41) is 2.99. The number of carbonyl (C=O) groups excluding carboxylic acids is 1. The molecule has 0 aliphatic carbocycles. The number of rotatable bonds is 3. The number of nitrogens with one attached hydrogen (secondary N) is 1. The molecule has 0 atom stereocenters. The van der Waals surface area contributed by atoms with Crippen LogP contribution in [0.2, 0.25) is 0 Å². The number of nitrogens with zero attached hydrogens (tertiary/aromatic N) is 2. The molecule has 27 heavy (non-hydrogen) atoms. The minimum absolute atomic E-state index is 0.166. The number of carbonyl (C=O) groups is 1. The van der Waals surface area contributed by atoms with Crippen LogP contribution in [0.25, 0.3) is 22.7 Å². The first-order valence-electron chi connectivity index (χ1n) is 8.11. The van der Waals surface area contributed by atoms with E-state index in [9.17, 15) is 4.79 Å². The highest BCUT2D eigenvalue weighted by molar-refractivity contribution is 14.1. The molecule has 0 spiro atoms. The van der Waals surface area contributed by atoms with Crippen molar-refractivity contribution in [3.05, 3.63) is 73.9 Å². The smallest absolute Gasteiger partial charge is 0.256 e. The van der Waals surface area contributed by atoms with Crippen molar-refractivity contribution in [1.29, 1.82) is 0 Å². The fraction of sp³-hybridized carbons (Fsp3) is 0.0500. The Labute approximate surface area is 177 Å². The Hall–Kier alpha value is -2.26. The molecule has 4 aromatic rings. The number of fused-ring (bicyclic) bond motifs is 1. The minimum atomic E-state index is -0.166. The summed E-state index contributed by atoms with van der Waals surface area (Å²) in [6.45, 7) is 1.93. The Morgan fingerprint density at radius 2 is 2.04 bits per heavy atom. The highest BCUT2D eigenvalue weighted by atomic mass is 127. The van der Waals surface area contributed by atoms with Crippen LogP contribution < -0.4 is 5.32 Å². The zero-order valence-electron chi connectivity index (χ0n) is 14.2. The summed E-state index contributed by atoms with van der Waals surface area (Å²) in [4.78, 5) is 21.4. The highest BCUT2D eigenvalue weighted by Gasteiger charge is 2.16. The molecule has 0 aliphatic heterocycles. The summed E-state index contributed by atoms with van der Waals surface area (Å²) < 4.78 is 7.56. The summed E-state index contributed by atoms with van der Waals surface area (Å²) in [6.07, 6.45) is 1.68. The molecule has 0 saturated heterocycles. The molecular formula is C20H13BrIN3O2. The van der Waals surface area contributed by atoms with Crippen molar-refractivity contribution in [1.82, 2.24) is 9.97 Å². The van der Waals surface area contributed by atoms with E-state index in [1.165, 1.54) is 0 Å². The Morgan fingerprint density at radius 1 is 1.19 bits per heavy atom. The summed E-state index contributed by atoms with van der Waals surface area (Å²) in [5.74, 6) is 0.314. The van der Waals surface area contributed by atoms with Crippen LogP contribution in [0.15, 0.2) is 63.6 Å². The monoisotopic (exact) mass is 533 g/mol. The lowest BCUT2D eigenvalue weighted by molar-refractivity contribution is 0.102. The van der Waals surface area contributed by atoms with Gasteiger partial charge in [-0.2, -0.15) is 4.98 Å². The average Bonchev–Trinajstić information content (AvgIpc) is 3.09. The van der Waals surface area contributed by atoms with Gasteiger partial charge in [-0.25, -0.2) is 4.98 Å². The number of aromatic nitrogens is 2. The van der Waals surface area contributed by atoms with Gasteiger partial charge in [-0.15, -0.1) is 0 Å². The van der Waals surface area contributed by atoms with Crippen LogP contribution in [0.4, 0.5) is 5.69 Å². The lowest BCUT2D eigenvalue weighted by Gasteiger charge is -2.12. The molecule has 5 nitrogen and oxygen atoms in total. The average molecular weight is 534 g/mol. The van der Waals surface area contributed by atoms with Gasteiger partial charge >= 0.3 is 0 Å². The molecule has 2 aromatic carbocycles. The van der Waals surface area contributed by atoms with Crippen LogP contribution in [-0.2, 0) is 0 Å². The van der Waals surface area contributed by atoms with Gasteiger partial charge in [-0.3, -0.25) is 4.79 Å². The van der Waals surface area contributed by atoms with Gasteiger partial charge < -0.3 is 9.73 Å². The third kappa shape index (κ3) is 3.61. The maximum absolute atomic E-state index is 12.7. The van der Waals surface area contributed by atoms with E-state index in [-0.39, 0.29) is 5.91 Å². The maximum atomic E-state index is 12.7. The zero-order valence-corrected chi connectivity index (χ0v) is 17.9. The largest absolute Gasteiger partial charge is 0.434 e. The second-order valence-corrected chi connectivity index (χ2v) is 7.98. The second kappa shape index (κ2) is 7.40. The number of benzene rings is 2. The van der Waals surface area contributed by atoms with Crippen LogP contribution >= 0.6 is 38.5 Å². The molecule has 0 fully saturated rings. The first kappa shape index (κ1) is 18.1. The fourth-order valence-electron chi connectivity index (χ4n) is 2.75. The van der Waals surface area contributed by atoms with Crippen molar-refractivity contribution in [3.63, 3.8) is 0 Å². The third-order valence-corrected chi connectivity index (χ3v) is 5.58. The predicted molar refractivity (Wildman–Crippen MR) is 117 cm³/mol. The standard InChI is InChI=1S/C20H13BrIN3O2/c1-11-13(20-25-18-17(27-20)6-3-9-23-18)4-2-5-16(11)24-19(26)14-10-12(21)7-8-15(14)22/h2-10H,1H3,(H,24,26). The van der Waals surface area contributed by atoms with Crippen molar-refractivity contribution in [2.75, 3.05) is 5.32 Å². The SMILES string of the molecule is Cc1c(NC(=O)c2cc(Br)ccc2I)cccc1-c1nc2ncccc2o1. The van der Waals surface area contributed by atoms with Gasteiger partial charge in [-0.05, 0) is 77.5 Å². The normalized spacial score (nSPS) is 10.9. The third-order valence-electron chi connectivity index (χ3n) is 4.15. The molecule has 0 radical (unpaired) electrons. The van der Waals surface area contributed by atoms with Gasteiger partial charge in [0.25, 0.3) is 5.91 Å². The molecule has 0 unspecified atom stereocenters. The highest BCUT2D eigenvalue weighted by Crippen LogP contribution is 2.30. The minimum Gasteiger partial charge on any atom is -0.434 e. The molecule has 2 heterocycles. The van der Waals surface area contributed by atoms with E-state index in [1.807, 2.05) is 49.4 Å². The van der Waals surface area contributed by atoms with Crippen LogP contribution in [0.1, 0.15) is 15.9 Å². The molecule has 1 N–H and O–H groups in total. The molecule has 0 aliphatic rings. The molecular weight excluding hydrogens is 521 g/mol. The lowest BCUT2D eigenvalue weighted by Crippen LogP contribution is -2.14. The second-order valence-electron chi connectivity index (χ2n) is 5.90. The number of oxazole rings is 1. The number of pyridine rings is 1. The van der Waals surface area contributed by atoms with Crippen molar-refractivity contribution in [3.8, 4) is 11.5 Å². The van der Waals surface area contributed by atoms with Gasteiger partial charge in [0.2, 0.25) is 5.89 Å². The van der Waals surface area contributed by atoms with Crippen molar-refractivity contribution in [2.45, 2.75) is 6.92 Å². The Balaban J connectivity index is 1.69. The summed E-state index contributed by atoms with van der Waals surface area (Å²) in [5.41, 5.74) is 4.21. The lowest BCUT2D eigenvalue weighted by atomic mass is 10.1. The number of halogens is 2. The van der Waals surface area contributed by atoms with Crippen molar-refractivity contribution in [2.24, 2.45) is 0 Å². The molecule has 0 saturated carbocycles. The molecule has 1 amide bonds. The van der Waals surface area contributed by atoms with Gasteiger partial charge in [0, 0.05) is 25.5 Å². The maximum Gasteiger partial charge on any atom is 0.256 e. The van der Waals surface area contributed by atoms with Crippen LogP contribution in [0, 0.1) is 10.5 Å². The Kier molecular flexibility index (Phi) is 4.96. The number of anilines is 1. The van der Waals surface area contributed by atoms with Crippen molar-refractivity contribution < 1.29 is 9.21 Å². The van der Waals surface area contributed by atoms with E-state index in [0.717, 1.165) is 19.2 Å². The number of hydrogen-bond donors (Lipinski definition) is 1. The van der Waals surface area contributed by atoms with Crippen LogP contribution in [-0.4, -0.2) is 15.9 Å². The van der Waals surface area contributed by atoms with Gasteiger partial charge in [-0.1, -0.05) is 22.0 Å². The fourth-order valence-corrected chi connectivity index (χ4v) is 3.69. The van der Waals surface area contributed by atoms with Crippen molar-refractivity contribution >= 4 is 61.3 Å². The summed E-state index contributed by atoms with van der Waals surface area (Å²) in [6, 6.07) is 14.9. The van der Waals surface area contributed by atoms with E-state index in [2.05, 4.69) is 53.8 Å². The first-order chi connectivity index (χ1) is 13.0. The predicted octanol–water partition coefficient (Wildman–Crippen LogP) is 5.82. The van der Waals surface area contributed by atoms with E-state index in [0.29, 0.717) is 28.4 Å². The summed E-state index contributed by atoms with van der Waals surface area (Å²) in [7, 11) is 0. The van der Waals surface area contributed by atoms with Gasteiger partial charge in [0.15, 0.2) is 11.2 Å². The Bertz CT molecular complexity index is 1140. The molecule has 7 heteroatoms. The molecule has 4 rings (SSSR count). The number of amides is 1. The molecule has 134 valence electrons. The van der Waals surface area contributed by atoms with E-state index < -0.39 is 0 Å². The van der Waals surface area contributed by atoms with Crippen LogP contribution in [0.3, 0.4) is 0 Å². The van der Waals surface area contributed by atoms with Crippen LogP contribution in [0.5, 0.6) is 0 Å². The van der Waals surface area contributed by atoms with E-state index in [4.69, 9.17) is 4.42 Å². The van der Waals surface area contributed by atoms with Gasteiger partial charge in [0.1, 0.15) is 0 Å². The van der Waals surface area contributed by atoms with E-state index >= 15 is 0 Å². The Morgan fingerprint density at radius 3 is 2.85 bits per heavy atom. The zero-order chi connectivity index (χ0) is 19.0. The number of hydrogen-bond acceptors (Lipinski definition) is 4. The van der Waals surface area contributed by atoms with Gasteiger partial charge in [0.05, 0.1) is 5.56 Å². The quantitative estimate of drug-likeness (QED) is 0.337. The van der Waals surface area contributed by atoms with E-state index in [1.54, 1.807) is 12.3 Å². The first-order valence-corrected chi connectivity index (χ1v) is 9.98. The molecule has 2 aromatic heterocycles. The summed E-state index contributed by atoms with van der Waals surface area (Å²) >= 11 is 5.57. The molecule has 0 bridgehead atoms. The topological polar surface area (TPSA) is 68.0 Å².